The molecule has 0 saturated carbocycles. The molecule has 5 heteroatoms. The lowest BCUT2D eigenvalue weighted by molar-refractivity contribution is -0.688. The highest BCUT2D eigenvalue weighted by atomic mass is 16.5. The summed E-state index contributed by atoms with van der Waals surface area (Å²) in [5.41, 5.74) is 2.35. The van der Waals surface area contributed by atoms with E-state index in [1.165, 1.54) is 11.6 Å². The fourth-order valence-corrected chi connectivity index (χ4v) is 2.99. The molecule has 0 amide bonds. The van der Waals surface area contributed by atoms with Crippen molar-refractivity contribution >= 4 is 11.0 Å². The molecule has 4 aromatic rings. The van der Waals surface area contributed by atoms with Gasteiger partial charge < -0.3 is 13.9 Å². The number of nitrogens with zero attached hydrogens (tertiary/aromatic N) is 1. The summed E-state index contributed by atoms with van der Waals surface area (Å²) in [6.07, 6.45) is 4.06. The first-order valence-corrected chi connectivity index (χ1v) is 8.98. The summed E-state index contributed by atoms with van der Waals surface area (Å²) in [7, 11) is 1.59. The van der Waals surface area contributed by atoms with Gasteiger partial charge in [-0.1, -0.05) is 30.3 Å². The van der Waals surface area contributed by atoms with E-state index in [0.29, 0.717) is 23.7 Å². The second kappa shape index (κ2) is 7.96. The Morgan fingerprint density at radius 1 is 0.893 bits per heavy atom. The Balaban J connectivity index is 1.48. The Morgan fingerprint density at radius 2 is 1.68 bits per heavy atom. The quantitative estimate of drug-likeness (QED) is 0.381. The summed E-state index contributed by atoms with van der Waals surface area (Å²) in [4.78, 5) is 11.5. The minimum Gasteiger partial charge on any atom is -0.493 e. The van der Waals surface area contributed by atoms with Gasteiger partial charge in [-0.25, -0.2) is 9.36 Å². The molecule has 0 atom stereocenters. The fraction of sp³-hybridized carbons (Fsp3) is 0.130. The lowest BCUT2D eigenvalue weighted by atomic mass is 10.2. The maximum absolute atomic E-state index is 11.5. The van der Waals surface area contributed by atoms with E-state index in [2.05, 4.69) is 16.7 Å². The number of pyridine rings is 1. The first-order chi connectivity index (χ1) is 13.7. The SMILES string of the molecule is COc1cc2ccc(=O)oc2cc1OCc1cc[n+](Cc2ccccc2)cc1. The largest absolute Gasteiger partial charge is 0.493 e. The molecule has 0 N–H and O–H groups in total. The molecule has 28 heavy (non-hydrogen) atoms. The number of methoxy groups -OCH3 is 1. The predicted octanol–water partition coefficient (Wildman–Crippen LogP) is 3.72. The number of benzene rings is 2. The van der Waals surface area contributed by atoms with Crippen LogP contribution in [0.2, 0.25) is 0 Å². The minimum absolute atomic E-state index is 0.380. The monoisotopic (exact) mass is 374 g/mol. The van der Waals surface area contributed by atoms with Gasteiger partial charge in [0, 0.05) is 40.8 Å². The summed E-state index contributed by atoms with van der Waals surface area (Å²) < 4.78 is 18.7. The Kier molecular flexibility index (Phi) is 5.06. The van der Waals surface area contributed by atoms with Crippen molar-refractivity contribution in [3.8, 4) is 11.5 Å². The lowest BCUT2D eigenvalue weighted by Crippen LogP contribution is -2.33. The van der Waals surface area contributed by atoms with Crippen molar-refractivity contribution in [2.45, 2.75) is 13.2 Å². The average molecular weight is 374 g/mol. The van der Waals surface area contributed by atoms with Crippen LogP contribution in [-0.4, -0.2) is 7.11 Å². The van der Waals surface area contributed by atoms with Crippen molar-refractivity contribution in [1.29, 1.82) is 0 Å². The summed E-state index contributed by atoms with van der Waals surface area (Å²) in [5, 5.41) is 0.783. The number of fused-ring (bicyclic) bond motifs is 1. The first-order valence-electron chi connectivity index (χ1n) is 8.98. The van der Waals surface area contributed by atoms with Crippen LogP contribution in [0.15, 0.2) is 88.3 Å². The van der Waals surface area contributed by atoms with E-state index in [0.717, 1.165) is 17.5 Å². The Morgan fingerprint density at radius 3 is 2.43 bits per heavy atom. The smallest absolute Gasteiger partial charge is 0.336 e. The van der Waals surface area contributed by atoms with Gasteiger partial charge in [0.25, 0.3) is 0 Å². The van der Waals surface area contributed by atoms with Gasteiger partial charge in [-0.2, -0.15) is 0 Å². The number of ether oxygens (including phenoxy) is 2. The third-order valence-electron chi connectivity index (χ3n) is 4.47. The fourth-order valence-electron chi connectivity index (χ4n) is 2.99. The molecule has 2 aromatic carbocycles. The van der Waals surface area contributed by atoms with Crippen LogP contribution in [0.1, 0.15) is 11.1 Å². The van der Waals surface area contributed by atoms with Gasteiger partial charge in [-0.15, -0.1) is 0 Å². The maximum atomic E-state index is 11.5. The standard InChI is InChI=1S/C23H20NO4/c1-26-21-13-19-7-8-23(25)28-20(19)14-22(21)27-16-18-9-11-24(12-10-18)15-17-5-3-2-4-6-17/h2-14H,15-16H2,1H3/q+1. The second-order valence-electron chi connectivity index (χ2n) is 6.45. The van der Waals surface area contributed by atoms with Gasteiger partial charge in [0.05, 0.1) is 7.11 Å². The average Bonchev–Trinajstić information content (AvgIpc) is 2.73. The highest BCUT2D eigenvalue weighted by Gasteiger charge is 2.10. The Hall–Kier alpha value is -3.60. The zero-order valence-electron chi connectivity index (χ0n) is 15.5. The van der Waals surface area contributed by atoms with E-state index in [1.54, 1.807) is 25.3 Å². The zero-order valence-corrected chi connectivity index (χ0v) is 15.5. The van der Waals surface area contributed by atoms with Gasteiger partial charge in [0.1, 0.15) is 12.2 Å². The third-order valence-corrected chi connectivity index (χ3v) is 4.47. The molecule has 0 radical (unpaired) electrons. The molecular formula is C23H20NO4+. The van der Waals surface area contributed by atoms with E-state index in [4.69, 9.17) is 13.9 Å². The van der Waals surface area contributed by atoms with E-state index < -0.39 is 5.63 Å². The molecule has 0 fully saturated rings. The third kappa shape index (κ3) is 4.04. The van der Waals surface area contributed by atoms with Gasteiger partial charge in [0.2, 0.25) is 0 Å². The van der Waals surface area contributed by atoms with E-state index in [1.807, 2.05) is 42.7 Å². The van der Waals surface area contributed by atoms with Crippen molar-refractivity contribution in [3.05, 3.63) is 101 Å². The highest BCUT2D eigenvalue weighted by Crippen LogP contribution is 2.32. The molecule has 0 bridgehead atoms. The second-order valence-corrected chi connectivity index (χ2v) is 6.45. The lowest BCUT2D eigenvalue weighted by Gasteiger charge is -2.11. The molecule has 0 aliphatic heterocycles. The molecule has 5 nitrogen and oxygen atoms in total. The molecule has 0 saturated heterocycles. The summed E-state index contributed by atoms with van der Waals surface area (Å²) in [5.74, 6) is 1.13. The molecule has 0 aliphatic carbocycles. The zero-order chi connectivity index (χ0) is 19.3. The van der Waals surface area contributed by atoms with E-state index in [9.17, 15) is 4.79 Å². The van der Waals surface area contributed by atoms with Gasteiger partial charge >= 0.3 is 5.63 Å². The van der Waals surface area contributed by atoms with E-state index >= 15 is 0 Å². The van der Waals surface area contributed by atoms with Crippen LogP contribution in [0.5, 0.6) is 11.5 Å². The van der Waals surface area contributed by atoms with Crippen LogP contribution in [0, 0.1) is 0 Å². The molecule has 0 unspecified atom stereocenters. The molecule has 2 heterocycles. The molecule has 140 valence electrons. The predicted molar refractivity (Wildman–Crippen MR) is 106 cm³/mol. The molecule has 4 rings (SSSR count). The van der Waals surface area contributed by atoms with Crippen LogP contribution in [0.25, 0.3) is 11.0 Å². The van der Waals surface area contributed by atoms with Gasteiger partial charge in [-0.05, 0) is 12.1 Å². The first kappa shape index (κ1) is 17.8. The van der Waals surface area contributed by atoms with Crippen molar-refractivity contribution in [2.24, 2.45) is 0 Å². The van der Waals surface area contributed by atoms with Gasteiger partial charge in [0.15, 0.2) is 30.4 Å². The minimum atomic E-state index is -0.394. The Labute approximate surface area is 162 Å². The summed E-state index contributed by atoms with van der Waals surface area (Å²) in [6, 6.07) is 20.9. The van der Waals surface area contributed by atoms with Crippen LogP contribution in [-0.2, 0) is 13.2 Å². The van der Waals surface area contributed by atoms with Crippen molar-refractivity contribution in [3.63, 3.8) is 0 Å². The van der Waals surface area contributed by atoms with Crippen molar-refractivity contribution < 1.29 is 18.5 Å². The number of aromatic nitrogens is 1. The van der Waals surface area contributed by atoms with Crippen LogP contribution in [0.4, 0.5) is 0 Å². The van der Waals surface area contributed by atoms with Crippen molar-refractivity contribution in [2.75, 3.05) is 7.11 Å². The molecular weight excluding hydrogens is 354 g/mol. The van der Waals surface area contributed by atoms with Gasteiger partial charge in [-0.3, -0.25) is 0 Å². The topological polar surface area (TPSA) is 52.6 Å². The number of rotatable bonds is 6. The van der Waals surface area contributed by atoms with Crippen LogP contribution >= 0.6 is 0 Å². The van der Waals surface area contributed by atoms with Crippen LogP contribution in [0.3, 0.4) is 0 Å². The number of hydrogen-bond donors (Lipinski definition) is 0. The van der Waals surface area contributed by atoms with Crippen LogP contribution < -0.4 is 19.7 Å². The maximum Gasteiger partial charge on any atom is 0.336 e. The number of hydrogen-bond acceptors (Lipinski definition) is 4. The summed E-state index contributed by atoms with van der Waals surface area (Å²) >= 11 is 0. The Bertz CT molecular complexity index is 1130. The van der Waals surface area contributed by atoms with Crippen molar-refractivity contribution in [1.82, 2.24) is 0 Å². The molecule has 0 aliphatic rings. The normalized spacial score (nSPS) is 10.8. The van der Waals surface area contributed by atoms with E-state index in [-0.39, 0.29) is 0 Å². The molecule has 2 aromatic heterocycles. The molecule has 0 spiro atoms. The highest BCUT2D eigenvalue weighted by molar-refractivity contribution is 5.80. The summed E-state index contributed by atoms with van der Waals surface area (Å²) in [6.45, 7) is 1.20.